The number of aliphatic imine (C=N–C) groups is 1. The molecule has 1 atom stereocenters. The molecule has 0 amide bonds. The van der Waals surface area contributed by atoms with Crippen molar-refractivity contribution in [2.45, 2.75) is 19.4 Å². The highest BCUT2D eigenvalue weighted by molar-refractivity contribution is 14.0. The van der Waals surface area contributed by atoms with Crippen molar-refractivity contribution < 1.29 is 0 Å². The average Bonchev–Trinajstić information content (AvgIpc) is 3.35. The highest BCUT2D eigenvalue weighted by Crippen LogP contribution is 2.19. The molecule has 1 aromatic carbocycles. The normalized spacial score (nSPS) is 12.3. The van der Waals surface area contributed by atoms with Crippen LogP contribution in [0.15, 0.2) is 65.2 Å². The van der Waals surface area contributed by atoms with Gasteiger partial charge >= 0.3 is 0 Å². The summed E-state index contributed by atoms with van der Waals surface area (Å²) in [5.74, 6) is 1.27. The molecule has 0 aliphatic carbocycles. The molecule has 138 valence electrons. The van der Waals surface area contributed by atoms with Crippen LogP contribution in [0, 0.1) is 0 Å². The molecule has 0 fully saturated rings. The number of rotatable bonds is 6. The smallest absolute Gasteiger partial charge is 0.191 e. The van der Waals surface area contributed by atoms with E-state index in [2.05, 4.69) is 57.3 Å². The Labute approximate surface area is 175 Å². The Morgan fingerprint density at radius 1 is 1.23 bits per heavy atom. The number of hydrogen-bond acceptors (Lipinski definition) is 3. The van der Waals surface area contributed by atoms with Crippen LogP contribution >= 0.6 is 35.3 Å². The van der Waals surface area contributed by atoms with Gasteiger partial charge in [-0.3, -0.25) is 4.99 Å². The maximum Gasteiger partial charge on any atom is 0.191 e. The highest BCUT2D eigenvalue weighted by atomic mass is 127. The van der Waals surface area contributed by atoms with Crippen molar-refractivity contribution >= 4 is 41.3 Å². The van der Waals surface area contributed by atoms with Gasteiger partial charge in [0.2, 0.25) is 0 Å². The summed E-state index contributed by atoms with van der Waals surface area (Å²) >= 11 is 1.79. The Balaban J connectivity index is 0.00000243. The van der Waals surface area contributed by atoms with Crippen LogP contribution in [0.5, 0.6) is 0 Å². The van der Waals surface area contributed by atoms with Crippen molar-refractivity contribution in [3.05, 3.63) is 70.7 Å². The third-order valence-electron chi connectivity index (χ3n) is 3.97. The van der Waals surface area contributed by atoms with Crippen LogP contribution in [0.3, 0.4) is 0 Å². The summed E-state index contributed by atoms with van der Waals surface area (Å²) in [5.41, 5.74) is 2.24. The number of aromatic nitrogens is 2. The SMILES string of the molecule is CN=C(NCc1cccc(-n2cccn2)c1)NCC(C)c1cccs1.I. The zero-order valence-electron chi connectivity index (χ0n) is 14.9. The van der Waals surface area contributed by atoms with Gasteiger partial charge in [0.25, 0.3) is 0 Å². The summed E-state index contributed by atoms with van der Waals surface area (Å²) in [6, 6.07) is 14.5. The van der Waals surface area contributed by atoms with E-state index in [0.29, 0.717) is 12.5 Å². The lowest BCUT2D eigenvalue weighted by Gasteiger charge is -2.15. The number of nitrogens with one attached hydrogen (secondary N) is 2. The van der Waals surface area contributed by atoms with Crippen molar-refractivity contribution in [2.75, 3.05) is 13.6 Å². The number of hydrogen-bond donors (Lipinski definition) is 2. The van der Waals surface area contributed by atoms with Gasteiger partial charge in [0.1, 0.15) is 0 Å². The van der Waals surface area contributed by atoms with Crippen LogP contribution in [0.25, 0.3) is 5.69 Å². The first kappa shape index (κ1) is 20.4. The fourth-order valence-electron chi connectivity index (χ4n) is 2.56. The van der Waals surface area contributed by atoms with Crippen LogP contribution in [0.1, 0.15) is 23.3 Å². The van der Waals surface area contributed by atoms with Crippen molar-refractivity contribution in [3.63, 3.8) is 0 Å². The van der Waals surface area contributed by atoms with E-state index in [1.165, 1.54) is 10.4 Å². The van der Waals surface area contributed by atoms with Crippen molar-refractivity contribution in [1.29, 1.82) is 0 Å². The molecule has 3 rings (SSSR count). The van der Waals surface area contributed by atoms with E-state index in [1.54, 1.807) is 24.6 Å². The molecular formula is C19H24IN5S. The third kappa shape index (κ3) is 5.57. The van der Waals surface area contributed by atoms with E-state index in [0.717, 1.165) is 18.2 Å². The molecule has 2 N–H and O–H groups in total. The third-order valence-corrected chi connectivity index (χ3v) is 5.07. The highest BCUT2D eigenvalue weighted by Gasteiger charge is 2.07. The molecule has 0 aliphatic heterocycles. The minimum atomic E-state index is 0. The molecule has 0 saturated carbocycles. The molecule has 7 heteroatoms. The van der Waals surface area contributed by atoms with Gasteiger partial charge in [0, 0.05) is 43.3 Å². The molecule has 26 heavy (non-hydrogen) atoms. The fourth-order valence-corrected chi connectivity index (χ4v) is 3.35. The molecule has 0 saturated heterocycles. The first-order chi connectivity index (χ1) is 12.3. The van der Waals surface area contributed by atoms with Gasteiger partial charge in [-0.15, -0.1) is 35.3 Å². The van der Waals surface area contributed by atoms with Gasteiger partial charge in [0.05, 0.1) is 5.69 Å². The van der Waals surface area contributed by atoms with Crippen LogP contribution in [0.2, 0.25) is 0 Å². The summed E-state index contributed by atoms with van der Waals surface area (Å²) in [6.45, 7) is 3.79. The van der Waals surface area contributed by atoms with Crippen LogP contribution in [-0.2, 0) is 6.54 Å². The molecule has 3 aromatic rings. The predicted molar refractivity (Wildman–Crippen MR) is 120 cm³/mol. The van der Waals surface area contributed by atoms with E-state index < -0.39 is 0 Å². The predicted octanol–water partition coefficient (Wildman–Crippen LogP) is 4.02. The zero-order chi connectivity index (χ0) is 17.5. The number of thiophene rings is 1. The first-order valence-corrected chi connectivity index (χ1v) is 9.21. The van der Waals surface area contributed by atoms with Gasteiger partial charge in [-0.2, -0.15) is 5.10 Å². The topological polar surface area (TPSA) is 54.2 Å². The van der Waals surface area contributed by atoms with E-state index >= 15 is 0 Å². The second-order valence-corrected chi connectivity index (χ2v) is 6.82. The summed E-state index contributed by atoms with van der Waals surface area (Å²) in [6.07, 6.45) is 3.73. The average molecular weight is 481 g/mol. The summed E-state index contributed by atoms with van der Waals surface area (Å²) in [7, 11) is 1.80. The van der Waals surface area contributed by atoms with Crippen molar-refractivity contribution in [3.8, 4) is 5.69 Å². The van der Waals surface area contributed by atoms with Gasteiger partial charge in [-0.25, -0.2) is 4.68 Å². The lowest BCUT2D eigenvalue weighted by Crippen LogP contribution is -2.38. The lowest BCUT2D eigenvalue weighted by atomic mass is 10.1. The van der Waals surface area contributed by atoms with Crippen molar-refractivity contribution in [1.82, 2.24) is 20.4 Å². The maximum atomic E-state index is 4.31. The van der Waals surface area contributed by atoms with E-state index in [-0.39, 0.29) is 24.0 Å². The number of halogens is 1. The number of nitrogens with zero attached hydrogens (tertiary/aromatic N) is 3. The van der Waals surface area contributed by atoms with Crippen LogP contribution in [0.4, 0.5) is 0 Å². The van der Waals surface area contributed by atoms with Gasteiger partial charge in [-0.1, -0.05) is 25.1 Å². The Hall–Kier alpha value is -1.87. The summed E-state index contributed by atoms with van der Waals surface area (Å²) < 4.78 is 1.86. The molecule has 1 unspecified atom stereocenters. The quantitative estimate of drug-likeness (QED) is 0.318. The molecule has 5 nitrogen and oxygen atoms in total. The van der Waals surface area contributed by atoms with Crippen LogP contribution < -0.4 is 10.6 Å². The number of guanidine groups is 1. The van der Waals surface area contributed by atoms with Gasteiger partial charge in [-0.05, 0) is 35.2 Å². The maximum absolute atomic E-state index is 4.31. The Morgan fingerprint density at radius 2 is 2.12 bits per heavy atom. The standard InChI is InChI=1S/C19H23N5S.HI/c1-15(18-8-4-11-25-18)13-21-19(20-2)22-14-16-6-3-7-17(12-16)24-10-5-9-23-24;/h3-12,15H,13-14H2,1-2H3,(H2,20,21,22);1H. The summed E-state index contributed by atoms with van der Waals surface area (Å²) in [5, 5.41) is 13.2. The van der Waals surface area contributed by atoms with Gasteiger partial charge in [0.15, 0.2) is 5.96 Å². The molecule has 0 bridgehead atoms. The van der Waals surface area contributed by atoms with E-state index in [4.69, 9.17) is 0 Å². The molecule has 0 radical (unpaired) electrons. The van der Waals surface area contributed by atoms with E-state index in [1.807, 2.05) is 29.1 Å². The first-order valence-electron chi connectivity index (χ1n) is 8.33. The Morgan fingerprint density at radius 3 is 2.81 bits per heavy atom. The monoisotopic (exact) mass is 481 g/mol. The second-order valence-electron chi connectivity index (χ2n) is 5.84. The molecule has 0 aliphatic rings. The molecule has 0 spiro atoms. The molecule has 2 aromatic heterocycles. The molecular weight excluding hydrogens is 457 g/mol. The molecule has 2 heterocycles. The number of benzene rings is 1. The minimum absolute atomic E-state index is 0. The lowest BCUT2D eigenvalue weighted by molar-refractivity contribution is 0.708. The largest absolute Gasteiger partial charge is 0.356 e. The Kier molecular flexibility index (Phi) is 8.11. The second kappa shape index (κ2) is 10.3. The minimum Gasteiger partial charge on any atom is -0.356 e. The fraction of sp³-hybridized carbons (Fsp3) is 0.263. The van der Waals surface area contributed by atoms with Crippen LogP contribution in [-0.4, -0.2) is 29.3 Å². The zero-order valence-corrected chi connectivity index (χ0v) is 18.1. The van der Waals surface area contributed by atoms with Gasteiger partial charge < -0.3 is 10.6 Å². The van der Waals surface area contributed by atoms with E-state index in [9.17, 15) is 0 Å². The Bertz CT molecular complexity index is 799. The van der Waals surface area contributed by atoms with Crippen molar-refractivity contribution in [2.24, 2.45) is 4.99 Å². The summed E-state index contributed by atoms with van der Waals surface area (Å²) in [4.78, 5) is 5.69.